The van der Waals surface area contributed by atoms with Crippen LogP contribution in [0.2, 0.25) is 0 Å². The topological polar surface area (TPSA) is 29.5 Å². The molecule has 1 aliphatic heterocycles. The maximum Gasteiger partial charge on any atom is 0.419 e. The van der Waals surface area contributed by atoms with E-state index in [4.69, 9.17) is 5.11 Å². The van der Waals surface area contributed by atoms with E-state index in [2.05, 4.69) is 4.74 Å². The summed E-state index contributed by atoms with van der Waals surface area (Å²) in [4.78, 5) is 0. The van der Waals surface area contributed by atoms with Crippen LogP contribution in [0.15, 0.2) is 23.5 Å². The Morgan fingerprint density at radius 3 is 1.93 bits per heavy atom. The van der Waals surface area contributed by atoms with Crippen molar-refractivity contribution in [3.8, 4) is 0 Å². The zero-order valence-corrected chi connectivity index (χ0v) is 6.86. The summed E-state index contributed by atoms with van der Waals surface area (Å²) in [6, 6.07) is 0. The molecule has 86 valence electrons. The van der Waals surface area contributed by atoms with E-state index in [-0.39, 0.29) is 6.08 Å². The molecular formula is C7H4F6O2. The molecule has 0 aromatic rings. The lowest BCUT2D eigenvalue weighted by molar-refractivity contribution is -0.151. The summed E-state index contributed by atoms with van der Waals surface area (Å²) < 4.78 is 76.7. The predicted molar refractivity (Wildman–Crippen MR) is 35.4 cm³/mol. The first-order valence-electron chi connectivity index (χ1n) is 3.52. The van der Waals surface area contributed by atoms with Gasteiger partial charge >= 0.3 is 12.4 Å². The van der Waals surface area contributed by atoms with Gasteiger partial charge in [0.15, 0.2) is 0 Å². The van der Waals surface area contributed by atoms with Gasteiger partial charge in [0, 0.05) is 0 Å². The first kappa shape index (κ1) is 11.9. The van der Waals surface area contributed by atoms with E-state index in [0.717, 1.165) is 0 Å². The fraction of sp³-hybridized carbons (Fsp3) is 0.429. The standard InChI is InChI=1S/C7H4F6O2/c8-6(9,10)3-1-2-15-5(14)4(3)7(11,12)13/h1-2,5,14H. The number of hydrogen-bond acceptors (Lipinski definition) is 2. The minimum Gasteiger partial charge on any atom is -0.468 e. The van der Waals surface area contributed by atoms with Crippen molar-refractivity contribution in [3.63, 3.8) is 0 Å². The van der Waals surface area contributed by atoms with Crippen LogP contribution in [0.1, 0.15) is 0 Å². The summed E-state index contributed by atoms with van der Waals surface area (Å²) in [6.07, 6.45) is -12.6. The van der Waals surface area contributed by atoms with Crippen molar-refractivity contribution in [1.82, 2.24) is 0 Å². The molecule has 1 unspecified atom stereocenters. The zero-order chi connectivity index (χ0) is 11.9. The van der Waals surface area contributed by atoms with Gasteiger partial charge in [0.25, 0.3) is 0 Å². The van der Waals surface area contributed by atoms with Crippen molar-refractivity contribution in [3.05, 3.63) is 23.5 Å². The molecule has 0 aromatic carbocycles. The van der Waals surface area contributed by atoms with Gasteiger partial charge in [0.2, 0.25) is 6.29 Å². The Labute approximate surface area is 79.4 Å². The Bertz CT molecular complexity index is 310. The molecule has 1 rings (SSSR count). The highest BCUT2D eigenvalue weighted by atomic mass is 19.4. The van der Waals surface area contributed by atoms with Crippen molar-refractivity contribution in [2.24, 2.45) is 0 Å². The minimum atomic E-state index is -5.30. The monoisotopic (exact) mass is 234 g/mol. The molecule has 0 amide bonds. The lowest BCUT2D eigenvalue weighted by Gasteiger charge is -2.24. The molecule has 0 radical (unpaired) electrons. The molecule has 15 heavy (non-hydrogen) atoms. The Morgan fingerprint density at radius 1 is 1.07 bits per heavy atom. The summed E-state index contributed by atoms with van der Waals surface area (Å²) in [5.41, 5.74) is -4.09. The molecule has 1 atom stereocenters. The Kier molecular flexibility index (Phi) is 2.73. The first-order chi connectivity index (χ1) is 6.64. The molecule has 0 saturated carbocycles. The Morgan fingerprint density at radius 2 is 1.60 bits per heavy atom. The molecule has 1 N–H and O–H groups in total. The molecule has 8 heteroatoms. The van der Waals surface area contributed by atoms with E-state index in [1.165, 1.54) is 0 Å². The van der Waals surface area contributed by atoms with Crippen LogP contribution in [0.25, 0.3) is 0 Å². The van der Waals surface area contributed by atoms with Gasteiger partial charge in [-0.05, 0) is 6.08 Å². The SMILES string of the molecule is OC1OC=CC(C(F)(F)F)=C1C(F)(F)F. The number of aliphatic hydroxyl groups is 1. The Hall–Kier alpha value is -1.18. The van der Waals surface area contributed by atoms with E-state index < -0.39 is 29.8 Å². The number of alkyl halides is 6. The third-order valence-corrected chi connectivity index (χ3v) is 1.59. The molecule has 1 heterocycles. The molecule has 0 bridgehead atoms. The van der Waals surface area contributed by atoms with Crippen LogP contribution in [0.3, 0.4) is 0 Å². The van der Waals surface area contributed by atoms with Crippen LogP contribution in [-0.4, -0.2) is 23.7 Å². The first-order valence-corrected chi connectivity index (χ1v) is 3.52. The molecular weight excluding hydrogens is 230 g/mol. The molecule has 0 aliphatic carbocycles. The third kappa shape index (κ3) is 2.44. The van der Waals surface area contributed by atoms with Crippen molar-refractivity contribution >= 4 is 0 Å². The van der Waals surface area contributed by atoms with Crippen LogP contribution < -0.4 is 0 Å². The second-order valence-electron chi connectivity index (χ2n) is 2.61. The maximum atomic E-state index is 12.1. The van der Waals surface area contributed by atoms with Crippen LogP contribution in [0.4, 0.5) is 26.3 Å². The van der Waals surface area contributed by atoms with Crippen LogP contribution in [0, 0.1) is 0 Å². The van der Waals surface area contributed by atoms with E-state index in [0.29, 0.717) is 6.26 Å². The average Bonchev–Trinajstić information content (AvgIpc) is 1.99. The summed E-state index contributed by atoms with van der Waals surface area (Å²) in [7, 11) is 0. The van der Waals surface area contributed by atoms with E-state index in [9.17, 15) is 26.3 Å². The predicted octanol–water partition coefficient (Wildman–Crippen LogP) is 2.27. The van der Waals surface area contributed by atoms with Gasteiger partial charge in [0.05, 0.1) is 11.8 Å². The van der Waals surface area contributed by atoms with Crippen molar-refractivity contribution < 1.29 is 36.2 Å². The smallest absolute Gasteiger partial charge is 0.419 e. The van der Waals surface area contributed by atoms with Crippen molar-refractivity contribution in [2.75, 3.05) is 0 Å². The normalized spacial score (nSPS) is 23.0. The Balaban J connectivity index is 3.30. The number of rotatable bonds is 0. The van der Waals surface area contributed by atoms with Gasteiger partial charge in [-0.2, -0.15) is 26.3 Å². The quantitative estimate of drug-likeness (QED) is 0.651. The molecule has 0 saturated heterocycles. The van der Waals surface area contributed by atoms with Gasteiger partial charge in [-0.1, -0.05) is 0 Å². The maximum absolute atomic E-state index is 12.1. The number of aliphatic hydroxyl groups excluding tert-OH is 1. The highest BCUT2D eigenvalue weighted by Crippen LogP contribution is 2.40. The highest BCUT2D eigenvalue weighted by Gasteiger charge is 2.49. The third-order valence-electron chi connectivity index (χ3n) is 1.59. The molecule has 0 fully saturated rings. The summed E-state index contributed by atoms with van der Waals surface area (Å²) in [6.45, 7) is 0. The van der Waals surface area contributed by atoms with Crippen molar-refractivity contribution in [2.45, 2.75) is 18.6 Å². The van der Waals surface area contributed by atoms with Crippen LogP contribution >= 0.6 is 0 Å². The number of hydrogen-bond donors (Lipinski definition) is 1. The van der Waals surface area contributed by atoms with Gasteiger partial charge in [-0.3, -0.25) is 0 Å². The van der Waals surface area contributed by atoms with Gasteiger partial charge < -0.3 is 9.84 Å². The lowest BCUT2D eigenvalue weighted by Crippen LogP contribution is -2.32. The summed E-state index contributed by atoms with van der Waals surface area (Å²) in [5, 5.41) is 8.69. The average molecular weight is 234 g/mol. The number of allylic oxidation sites excluding steroid dienone is 2. The lowest BCUT2D eigenvalue weighted by atomic mass is 10.1. The van der Waals surface area contributed by atoms with Crippen molar-refractivity contribution in [1.29, 1.82) is 0 Å². The number of halogens is 6. The number of ether oxygens (including phenoxy) is 1. The van der Waals surface area contributed by atoms with Crippen LogP contribution in [0.5, 0.6) is 0 Å². The van der Waals surface area contributed by atoms with Gasteiger partial charge in [0.1, 0.15) is 5.57 Å². The fourth-order valence-electron chi connectivity index (χ4n) is 1.01. The fourth-order valence-corrected chi connectivity index (χ4v) is 1.01. The molecule has 0 spiro atoms. The largest absolute Gasteiger partial charge is 0.468 e. The highest BCUT2D eigenvalue weighted by molar-refractivity contribution is 5.35. The summed E-state index contributed by atoms with van der Waals surface area (Å²) >= 11 is 0. The van der Waals surface area contributed by atoms with E-state index >= 15 is 0 Å². The molecule has 1 aliphatic rings. The second-order valence-corrected chi connectivity index (χ2v) is 2.61. The summed E-state index contributed by atoms with van der Waals surface area (Å²) in [5.74, 6) is 0. The second kappa shape index (κ2) is 3.44. The zero-order valence-electron chi connectivity index (χ0n) is 6.86. The van der Waals surface area contributed by atoms with Crippen LogP contribution in [-0.2, 0) is 4.74 Å². The molecule has 2 nitrogen and oxygen atoms in total. The minimum absolute atomic E-state index is 0.121. The van der Waals surface area contributed by atoms with E-state index in [1.54, 1.807) is 0 Å². The molecule has 0 aromatic heterocycles. The van der Waals surface area contributed by atoms with Gasteiger partial charge in [-0.25, -0.2) is 0 Å². The van der Waals surface area contributed by atoms with E-state index in [1.807, 2.05) is 0 Å². The van der Waals surface area contributed by atoms with Gasteiger partial charge in [-0.15, -0.1) is 0 Å².